The average Bonchev–Trinajstić information content (AvgIpc) is 3.51. The summed E-state index contributed by atoms with van der Waals surface area (Å²) in [6, 6.07) is 17.8. The number of hydrogen-bond donors (Lipinski definition) is 0. The molecule has 0 aliphatic carbocycles. The van der Waals surface area contributed by atoms with Crippen molar-refractivity contribution < 1.29 is 14.3 Å². The first-order chi connectivity index (χ1) is 15.8. The topological polar surface area (TPSA) is 59.8 Å². The maximum absolute atomic E-state index is 13.6. The summed E-state index contributed by atoms with van der Waals surface area (Å²) in [5.74, 6) is 0.928. The molecule has 32 heavy (non-hydrogen) atoms. The summed E-state index contributed by atoms with van der Waals surface area (Å²) >= 11 is 0. The minimum absolute atomic E-state index is 0.0359. The molecule has 5 rings (SSSR count). The van der Waals surface area contributed by atoms with Crippen LogP contribution in [0.4, 0.5) is 0 Å². The minimum Gasteiger partial charge on any atom is -0.493 e. The largest absolute Gasteiger partial charge is 0.493 e. The third kappa shape index (κ3) is 4.54. The van der Waals surface area contributed by atoms with E-state index in [1.807, 2.05) is 64.2 Å². The number of fused-ring (bicyclic) bond motifs is 1. The summed E-state index contributed by atoms with van der Waals surface area (Å²) < 4.78 is 13.0. The van der Waals surface area contributed by atoms with Crippen LogP contribution in [0.2, 0.25) is 0 Å². The molecule has 2 aliphatic rings. The SMILES string of the molecule is O=C(c1ccc2c(c1)CCO2)N(CCN1CCOCC1)Cc1ccnn1-c1ccccc1. The van der Waals surface area contributed by atoms with Gasteiger partial charge >= 0.3 is 0 Å². The van der Waals surface area contributed by atoms with Gasteiger partial charge in [0, 0.05) is 44.4 Å². The molecule has 2 aliphatic heterocycles. The second-order valence-electron chi connectivity index (χ2n) is 8.17. The maximum Gasteiger partial charge on any atom is 0.254 e. The lowest BCUT2D eigenvalue weighted by Gasteiger charge is -2.30. The molecule has 3 heterocycles. The van der Waals surface area contributed by atoms with Gasteiger partial charge in [0.2, 0.25) is 0 Å². The molecule has 0 saturated carbocycles. The van der Waals surface area contributed by atoms with Gasteiger partial charge in [-0.3, -0.25) is 9.69 Å². The average molecular weight is 433 g/mol. The van der Waals surface area contributed by atoms with Gasteiger partial charge in [-0.1, -0.05) is 18.2 Å². The zero-order valence-electron chi connectivity index (χ0n) is 18.2. The lowest BCUT2D eigenvalue weighted by molar-refractivity contribution is 0.0319. The first kappa shape index (κ1) is 20.7. The predicted octanol–water partition coefficient (Wildman–Crippen LogP) is 2.78. The number of nitrogens with zero attached hydrogens (tertiary/aromatic N) is 4. The highest BCUT2D eigenvalue weighted by atomic mass is 16.5. The van der Waals surface area contributed by atoms with E-state index in [9.17, 15) is 4.79 Å². The third-order valence-corrected chi connectivity index (χ3v) is 6.09. The molecular weight excluding hydrogens is 404 g/mol. The van der Waals surface area contributed by atoms with E-state index in [-0.39, 0.29) is 5.91 Å². The van der Waals surface area contributed by atoms with Crippen molar-refractivity contribution in [2.45, 2.75) is 13.0 Å². The van der Waals surface area contributed by atoms with Gasteiger partial charge < -0.3 is 14.4 Å². The van der Waals surface area contributed by atoms with E-state index in [4.69, 9.17) is 9.47 Å². The normalized spacial score (nSPS) is 15.9. The molecule has 0 unspecified atom stereocenters. The molecule has 3 aromatic rings. The Balaban J connectivity index is 1.38. The Morgan fingerprint density at radius 2 is 1.88 bits per heavy atom. The number of ether oxygens (including phenoxy) is 2. The van der Waals surface area contributed by atoms with Gasteiger partial charge in [0.25, 0.3) is 5.91 Å². The lowest BCUT2D eigenvalue weighted by Crippen LogP contribution is -2.43. The highest BCUT2D eigenvalue weighted by Crippen LogP contribution is 2.26. The summed E-state index contributed by atoms with van der Waals surface area (Å²) in [6.45, 7) is 5.95. The Labute approximate surface area is 188 Å². The molecule has 7 nitrogen and oxygen atoms in total. The van der Waals surface area contributed by atoms with E-state index in [0.29, 0.717) is 25.3 Å². The second kappa shape index (κ2) is 9.54. The van der Waals surface area contributed by atoms with Gasteiger partial charge in [-0.25, -0.2) is 4.68 Å². The monoisotopic (exact) mass is 432 g/mol. The molecule has 166 valence electrons. The van der Waals surface area contributed by atoms with E-state index >= 15 is 0 Å². The highest BCUT2D eigenvalue weighted by molar-refractivity contribution is 5.94. The first-order valence-electron chi connectivity index (χ1n) is 11.2. The van der Waals surface area contributed by atoms with Crippen LogP contribution >= 0.6 is 0 Å². The fourth-order valence-corrected chi connectivity index (χ4v) is 4.29. The van der Waals surface area contributed by atoms with Crippen LogP contribution in [0.1, 0.15) is 21.6 Å². The van der Waals surface area contributed by atoms with Crippen LogP contribution in [-0.2, 0) is 17.7 Å². The smallest absolute Gasteiger partial charge is 0.254 e. The first-order valence-corrected chi connectivity index (χ1v) is 11.2. The summed E-state index contributed by atoms with van der Waals surface area (Å²) in [7, 11) is 0. The number of hydrogen-bond acceptors (Lipinski definition) is 5. The van der Waals surface area contributed by atoms with Crippen LogP contribution in [0.3, 0.4) is 0 Å². The molecule has 2 aromatic carbocycles. The summed E-state index contributed by atoms with van der Waals surface area (Å²) in [6.07, 6.45) is 2.64. The molecule has 0 atom stereocenters. The highest BCUT2D eigenvalue weighted by Gasteiger charge is 2.22. The number of carbonyl (C=O) groups excluding carboxylic acids is 1. The minimum atomic E-state index is 0.0359. The third-order valence-electron chi connectivity index (χ3n) is 6.09. The van der Waals surface area contributed by atoms with Crippen molar-refractivity contribution in [2.24, 2.45) is 0 Å². The number of para-hydroxylation sites is 1. The van der Waals surface area contributed by atoms with Gasteiger partial charge in [-0.15, -0.1) is 0 Å². The molecule has 1 fully saturated rings. The van der Waals surface area contributed by atoms with Crippen molar-refractivity contribution in [3.05, 3.63) is 77.6 Å². The summed E-state index contributed by atoms with van der Waals surface area (Å²) in [5, 5.41) is 4.50. The van der Waals surface area contributed by atoms with Crippen molar-refractivity contribution in [1.82, 2.24) is 19.6 Å². The van der Waals surface area contributed by atoms with Crippen LogP contribution in [0.15, 0.2) is 60.8 Å². The second-order valence-corrected chi connectivity index (χ2v) is 8.17. The summed E-state index contributed by atoms with van der Waals surface area (Å²) in [4.78, 5) is 17.9. The van der Waals surface area contributed by atoms with Gasteiger partial charge in [0.1, 0.15) is 5.75 Å². The van der Waals surface area contributed by atoms with E-state index in [0.717, 1.165) is 62.0 Å². The molecule has 1 aromatic heterocycles. The number of amides is 1. The van der Waals surface area contributed by atoms with Crippen molar-refractivity contribution in [1.29, 1.82) is 0 Å². The number of morpholine rings is 1. The number of aromatic nitrogens is 2. The van der Waals surface area contributed by atoms with Crippen molar-refractivity contribution >= 4 is 5.91 Å². The number of benzene rings is 2. The molecule has 0 bridgehead atoms. The van der Waals surface area contributed by atoms with E-state index in [1.165, 1.54) is 0 Å². The van der Waals surface area contributed by atoms with Crippen LogP contribution < -0.4 is 4.74 Å². The van der Waals surface area contributed by atoms with Crippen molar-refractivity contribution in [2.75, 3.05) is 46.0 Å². The Hall–Kier alpha value is -3.16. The van der Waals surface area contributed by atoms with Gasteiger partial charge in [0.15, 0.2) is 0 Å². The molecular formula is C25H28N4O3. The summed E-state index contributed by atoms with van der Waals surface area (Å²) in [5.41, 5.74) is 3.79. The lowest BCUT2D eigenvalue weighted by atomic mass is 10.1. The molecule has 1 amide bonds. The number of rotatable bonds is 7. The van der Waals surface area contributed by atoms with Gasteiger partial charge in [-0.05, 0) is 42.0 Å². The van der Waals surface area contributed by atoms with E-state index < -0.39 is 0 Å². The molecule has 0 spiro atoms. The fourth-order valence-electron chi connectivity index (χ4n) is 4.29. The fraction of sp³-hybridized carbons (Fsp3) is 0.360. The predicted molar refractivity (Wildman–Crippen MR) is 121 cm³/mol. The zero-order valence-corrected chi connectivity index (χ0v) is 18.2. The van der Waals surface area contributed by atoms with Crippen LogP contribution in [-0.4, -0.2) is 71.5 Å². The van der Waals surface area contributed by atoms with Crippen LogP contribution in [0.25, 0.3) is 5.69 Å². The van der Waals surface area contributed by atoms with Crippen molar-refractivity contribution in [3.8, 4) is 11.4 Å². The Kier molecular flexibility index (Phi) is 6.18. The number of carbonyl (C=O) groups is 1. The Morgan fingerprint density at radius 3 is 2.72 bits per heavy atom. The molecule has 0 radical (unpaired) electrons. The molecule has 7 heteroatoms. The quantitative estimate of drug-likeness (QED) is 0.575. The Bertz CT molecular complexity index is 1060. The molecule has 1 saturated heterocycles. The Morgan fingerprint density at radius 1 is 1.03 bits per heavy atom. The van der Waals surface area contributed by atoms with Gasteiger partial charge in [-0.2, -0.15) is 5.10 Å². The van der Waals surface area contributed by atoms with E-state index in [2.05, 4.69) is 10.00 Å². The molecule has 0 N–H and O–H groups in total. The maximum atomic E-state index is 13.6. The zero-order chi connectivity index (χ0) is 21.8. The van der Waals surface area contributed by atoms with E-state index in [1.54, 1.807) is 6.20 Å². The van der Waals surface area contributed by atoms with Crippen LogP contribution in [0, 0.1) is 0 Å². The van der Waals surface area contributed by atoms with Crippen LogP contribution in [0.5, 0.6) is 5.75 Å². The van der Waals surface area contributed by atoms with Crippen molar-refractivity contribution in [3.63, 3.8) is 0 Å². The standard InChI is InChI=1S/C25H28N4O3/c30-25(21-6-7-24-20(18-21)9-15-32-24)28(12-11-27-13-16-31-17-14-27)19-23-8-10-26-29(23)22-4-2-1-3-5-22/h1-8,10,18H,9,11-17,19H2. The van der Waals surface area contributed by atoms with Gasteiger partial charge in [0.05, 0.1) is 37.7 Å².